The molecule has 3 N–H and O–H groups in total. The monoisotopic (exact) mass is 464 g/mol. The fourth-order valence-corrected chi connectivity index (χ4v) is 3.74. The van der Waals surface area contributed by atoms with Crippen molar-refractivity contribution in [2.45, 2.75) is 18.4 Å². The van der Waals surface area contributed by atoms with Crippen molar-refractivity contribution in [3.8, 4) is 11.5 Å². The molecule has 0 bridgehead atoms. The summed E-state index contributed by atoms with van der Waals surface area (Å²) in [5, 5.41) is 24.5. The highest BCUT2D eigenvalue weighted by molar-refractivity contribution is 5.87. The third kappa shape index (κ3) is 5.68. The van der Waals surface area contributed by atoms with E-state index in [9.17, 15) is 19.0 Å². The normalized spacial score (nSPS) is 12.6. The Labute approximate surface area is 196 Å². The zero-order chi connectivity index (χ0) is 24.0. The average molecular weight is 465 g/mol. The zero-order valence-electron chi connectivity index (χ0n) is 18.5. The maximum absolute atomic E-state index is 14.3. The van der Waals surface area contributed by atoms with Crippen LogP contribution in [0.15, 0.2) is 85.1 Å². The number of nitrogens with one attached hydrogen (secondary N) is 1. The van der Waals surface area contributed by atoms with Gasteiger partial charge in [-0.15, -0.1) is 0 Å². The summed E-state index contributed by atoms with van der Waals surface area (Å²) in [4.78, 5) is 4.18. The first kappa shape index (κ1) is 23.6. The molecule has 0 aliphatic carbocycles. The van der Waals surface area contributed by atoms with Crippen molar-refractivity contribution >= 4 is 10.9 Å². The Morgan fingerprint density at radius 3 is 2.47 bits per heavy atom. The molecule has 0 amide bonds. The third-order valence-electron chi connectivity index (χ3n) is 5.61. The number of nitrogens with zero attached hydrogens (tertiary/aromatic N) is 1. The van der Waals surface area contributed by atoms with E-state index in [2.05, 4.69) is 10.3 Å². The Morgan fingerprint density at radius 1 is 0.941 bits per heavy atom. The second kappa shape index (κ2) is 10.6. The molecule has 0 radical (unpaired) electrons. The number of phenolic OH excluding ortho intramolecular Hbond substituents is 1. The number of aliphatic hydroxyl groups is 1. The zero-order valence-corrected chi connectivity index (χ0v) is 18.5. The highest BCUT2D eigenvalue weighted by atomic mass is 19.3. The first-order valence-corrected chi connectivity index (χ1v) is 11.0. The van der Waals surface area contributed by atoms with Gasteiger partial charge in [0.25, 0.3) is 0 Å². The van der Waals surface area contributed by atoms with E-state index in [1.807, 2.05) is 18.2 Å². The van der Waals surface area contributed by atoms with Crippen molar-refractivity contribution in [3.63, 3.8) is 0 Å². The van der Waals surface area contributed by atoms with Crippen molar-refractivity contribution in [1.29, 1.82) is 0 Å². The molecular formula is C27H26F2N2O3. The summed E-state index contributed by atoms with van der Waals surface area (Å²) < 4.78 is 33.8. The van der Waals surface area contributed by atoms with Gasteiger partial charge in [0.15, 0.2) is 6.61 Å². The number of ether oxygens (including phenoxy) is 1. The maximum Gasteiger partial charge on any atom is 0.306 e. The van der Waals surface area contributed by atoms with E-state index in [0.717, 1.165) is 5.56 Å². The molecule has 4 rings (SSSR count). The van der Waals surface area contributed by atoms with Crippen molar-refractivity contribution in [3.05, 3.63) is 102 Å². The van der Waals surface area contributed by atoms with Crippen LogP contribution in [0.4, 0.5) is 8.78 Å². The number of alkyl halides is 2. The molecule has 0 saturated heterocycles. The van der Waals surface area contributed by atoms with Crippen LogP contribution in [0.3, 0.4) is 0 Å². The summed E-state index contributed by atoms with van der Waals surface area (Å²) in [7, 11) is 0. The van der Waals surface area contributed by atoms with Crippen LogP contribution < -0.4 is 10.1 Å². The molecule has 3 aromatic carbocycles. The van der Waals surface area contributed by atoms with Crippen LogP contribution in [0.25, 0.3) is 10.9 Å². The summed E-state index contributed by atoms with van der Waals surface area (Å²) in [5.41, 5.74) is 2.10. The first-order chi connectivity index (χ1) is 16.4. The topological polar surface area (TPSA) is 74.6 Å². The molecule has 4 aromatic rings. The Hall–Kier alpha value is -3.55. The van der Waals surface area contributed by atoms with Crippen LogP contribution in [0.5, 0.6) is 11.5 Å². The lowest BCUT2D eigenvalue weighted by Gasteiger charge is -2.17. The minimum atomic E-state index is -3.07. The van der Waals surface area contributed by atoms with Gasteiger partial charge in [-0.3, -0.25) is 4.98 Å². The van der Waals surface area contributed by atoms with E-state index in [-0.39, 0.29) is 11.3 Å². The number of rotatable bonds is 10. The van der Waals surface area contributed by atoms with Crippen LogP contribution in [0, 0.1) is 0 Å². The molecule has 34 heavy (non-hydrogen) atoms. The summed E-state index contributed by atoms with van der Waals surface area (Å²) in [5.74, 6) is -2.60. The molecule has 0 fully saturated rings. The largest absolute Gasteiger partial charge is 0.506 e. The maximum atomic E-state index is 14.3. The number of aromatic hydroxyl groups is 1. The molecule has 176 valence electrons. The lowest BCUT2D eigenvalue weighted by molar-refractivity contribution is -0.0467. The molecule has 0 unspecified atom stereocenters. The number of aliphatic hydroxyl groups excluding tert-OH is 1. The van der Waals surface area contributed by atoms with Crippen molar-refractivity contribution < 1.29 is 23.7 Å². The van der Waals surface area contributed by atoms with E-state index < -0.39 is 18.6 Å². The number of halogens is 2. The van der Waals surface area contributed by atoms with Gasteiger partial charge < -0.3 is 20.3 Å². The number of pyridine rings is 1. The summed E-state index contributed by atoms with van der Waals surface area (Å²) in [6.45, 7) is 0.236. The molecule has 5 nitrogen and oxygen atoms in total. The molecular weight excluding hydrogens is 438 g/mol. The summed E-state index contributed by atoms with van der Waals surface area (Å²) in [6, 6.07) is 21.5. The smallest absolute Gasteiger partial charge is 0.306 e. The predicted octanol–water partition coefficient (Wildman–Crippen LogP) is 4.98. The molecule has 0 spiro atoms. The minimum absolute atomic E-state index is 0.0727. The Bertz CT molecular complexity index is 1220. The molecule has 7 heteroatoms. The number of aromatic nitrogens is 1. The van der Waals surface area contributed by atoms with Crippen LogP contribution >= 0.6 is 0 Å². The second-order valence-corrected chi connectivity index (χ2v) is 8.05. The number of hydrogen-bond donors (Lipinski definition) is 3. The number of phenols is 1. The van der Waals surface area contributed by atoms with E-state index >= 15 is 0 Å². The molecule has 1 heterocycles. The van der Waals surface area contributed by atoms with Crippen molar-refractivity contribution in [1.82, 2.24) is 10.3 Å². The van der Waals surface area contributed by atoms with E-state index in [1.54, 1.807) is 48.7 Å². The van der Waals surface area contributed by atoms with Gasteiger partial charge >= 0.3 is 5.92 Å². The number of hydrogen-bond acceptors (Lipinski definition) is 5. The number of fused-ring (bicyclic) bond motifs is 1. The van der Waals surface area contributed by atoms with Crippen molar-refractivity contribution in [2.24, 2.45) is 0 Å². The van der Waals surface area contributed by atoms with Gasteiger partial charge in [-0.1, -0.05) is 54.6 Å². The van der Waals surface area contributed by atoms with E-state index in [1.165, 1.54) is 18.2 Å². The van der Waals surface area contributed by atoms with E-state index in [0.29, 0.717) is 41.7 Å². The van der Waals surface area contributed by atoms with Gasteiger partial charge in [0.1, 0.15) is 17.0 Å². The first-order valence-electron chi connectivity index (χ1n) is 11.0. The fraction of sp³-hybridized carbons (Fsp3) is 0.222. The van der Waals surface area contributed by atoms with Gasteiger partial charge in [0, 0.05) is 23.7 Å². The van der Waals surface area contributed by atoms with Crippen LogP contribution in [-0.2, 0) is 12.3 Å². The molecule has 1 atom stereocenters. The summed E-state index contributed by atoms with van der Waals surface area (Å²) >= 11 is 0. The van der Waals surface area contributed by atoms with Gasteiger partial charge in [-0.05, 0) is 48.4 Å². The van der Waals surface area contributed by atoms with Crippen LogP contribution in [-0.4, -0.2) is 34.9 Å². The predicted molar refractivity (Wildman–Crippen MR) is 127 cm³/mol. The van der Waals surface area contributed by atoms with Gasteiger partial charge in [-0.2, -0.15) is 8.78 Å². The van der Waals surface area contributed by atoms with E-state index in [4.69, 9.17) is 4.74 Å². The van der Waals surface area contributed by atoms with Crippen LogP contribution in [0.1, 0.15) is 22.8 Å². The standard InChI is InChI=1S/C27H26F2N2O3/c28-27(29,20-5-2-1-3-6-20)18-34-21-10-8-19(9-11-21)14-16-30-17-25(33)22-12-13-24(32)26-23(22)7-4-15-31-26/h1-13,15,25,30,32-33H,14,16-18H2/t25-/m0/s1. The Kier molecular flexibility index (Phi) is 7.35. The number of benzene rings is 3. The highest BCUT2D eigenvalue weighted by Gasteiger charge is 2.32. The molecule has 0 aliphatic rings. The quantitative estimate of drug-likeness (QED) is 0.289. The molecule has 1 aromatic heterocycles. The van der Waals surface area contributed by atoms with Crippen molar-refractivity contribution in [2.75, 3.05) is 19.7 Å². The third-order valence-corrected chi connectivity index (χ3v) is 5.61. The highest BCUT2D eigenvalue weighted by Crippen LogP contribution is 2.30. The average Bonchev–Trinajstić information content (AvgIpc) is 2.87. The van der Waals surface area contributed by atoms with Crippen LogP contribution in [0.2, 0.25) is 0 Å². The SMILES string of the molecule is Oc1ccc([C@@H](O)CNCCc2ccc(OCC(F)(F)c3ccccc3)cc2)c2cccnc12. The minimum Gasteiger partial charge on any atom is -0.506 e. The lowest BCUT2D eigenvalue weighted by atomic mass is 10.0. The van der Waals surface area contributed by atoms with Gasteiger partial charge in [0.05, 0.1) is 6.10 Å². The summed E-state index contributed by atoms with van der Waals surface area (Å²) in [6.07, 6.45) is 1.54. The Morgan fingerprint density at radius 2 is 1.71 bits per heavy atom. The molecule has 0 aliphatic heterocycles. The fourth-order valence-electron chi connectivity index (χ4n) is 3.74. The second-order valence-electron chi connectivity index (χ2n) is 8.05. The van der Waals surface area contributed by atoms with Gasteiger partial charge in [-0.25, -0.2) is 0 Å². The Balaban J connectivity index is 1.25. The lowest BCUT2D eigenvalue weighted by Crippen LogP contribution is -2.24. The van der Waals surface area contributed by atoms with Gasteiger partial charge in [0.2, 0.25) is 0 Å². The molecule has 0 saturated carbocycles.